The Morgan fingerprint density at radius 2 is 1.50 bits per heavy atom. The maximum atomic E-state index is 14.0. The zero-order valence-corrected chi connectivity index (χ0v) is 20.4. The first-order chi connectivity index (χ1) is 16.2. The van der Waals surface area contributed by atoms with Gasteiger partial charge in [0.1, 0.15) is 5.41 Å². The van der Waals surface area contributed by atoms with E-state index >= 15 is 0 Å². The van der Waals surface area contributed by atoms with E-state index in [-0.39, 0.29) is 18.3 Å². The number of benzene rings is 3. The normalized spacial score (nSPS) is 20.6. The number of carbonyl (C=O) groups excluding carboxylic acids is 1. The van der Waals surface area contributed by atoms with Crippen molar-refractivity contribution in [3.63, 3.8) is 0 Å². The molecule has 1 fully saturated rings. The van der Waals surface area contributed by atoms with Crippen LogP contribution in [0.4, 0.5) is 5.69 Å². The number of carbonyl (C=O) groups is 1. The van der Waals surface area contributed by atoms with Crippen molar-refractivity contribution in [3.8, 4) is 0 Å². The number of piperidine rings is 1. The first-order valence-corrected chi connectivity index (χ1v) is 12.1. The second-order valence-electron chi connectivity index (χ2n) is 9.27. The monoisotopic (exact) mass is 472 g/mol. The van der Waals surface area contributed by atoms with E-state index in [1.54, 1.807) is 0 Å². The molecule has 0 spiro atoms. The molecule has 2 heterocycles. The predicted molar refractivity (Wildman–Crippen MR) is 143 cm³/mol. The van der Waals surface area contributed by atoms with Crippen molar-refractivity contribution in [2.24, 2.45) is 0 Å². The minimum absolute atomic E-state index is 0. The summed E-state index contributed by atoms with van der Waals surface area (Å²) in [5, 5.41) is 0. The molecule has 2 aliphatic heterocycles. The quantitative estimate of drug-likeness (QED) is 0.382. The third-order valence-corrected chi connectivity index (χ3v) is 7.50. The van der Waals surface area contributed by atoms with Crippen molar-refractivity contribution in [1.29, 1.82) is 0 Å². The number of anilines is 1. The fourth-order valence-electron chi connectivity index (χ4n) is 5.76. The molecule has 0 bridgehead atoms. The van der Waals surface area contributed by atoms with Crippen molar-refractivity contribution in [3.05, 3.63) is 114 Å². The molecule has 1 unspecified atom stereocenters. The molecule has 1 atom stereocenters. The van der Waals surface area contributed by atoms with Crippen LogP contribution in [0.3, 0.4) is 0 Å². The van der Waals surface area contributed by atoms with E-state index in [1.807, 2.05) is 23.1 Å². The molecule has 1 amide bonds. The van der Waals surface area contributed by atoms with Gasteiger partial charge in [-0.05, 0) is 67.6 Å². The van der Waals surface area contributed by atoms with E-state index in [0.717, 1.165) is 42.9 Å². The average Bonchev–Trinajstić information content (AvgIpc) is 3.12. The van der Waals surface area contributed by atoms with Gasteiger partial charge in [-0.15, -0.1) is 19.0 Å². The molecular formula is C30H33ClN2O. The lowest BCUT2D eigenvalue weighted by Crippen LogP contribution is -2.44. The third kappa shape index (κ3) is 4.31. The number of likely N-dealkylation sites (tertiary alicyclic amines) is 1. The van der Waals surface area contributed by atoms with Crippen LogP contribution in [0.2, 0.25) is 0 Å². The fraction of sp³-hybridized carbons (Fsp3) is 0.300. The minimum atomic E-state index is -0.642. The summed E-state index contributed by atoms with van der Waals surface area (Å²) in [6.45, 7) is 7.51. The highest BCUT2D eigenvalue weighted by molar-refractivity contribution is 6.10. The van der Waals surface area contributed by atoms with Gasteiger partial charge in [-0.2, -0.15) is 0 Å². The van der Waals surface area contributed by atoms with Gasteiger partial charge in [0.05, 0.1) is 0 Å². The highest BCUT2D eigenvalue weighted by atomic mass is 35.5. The van der Waals surface area contributed by atoms with E-state index in [2.05, 4.69) is 84.3 Å². The molecule has 0 aliphatic carbocycles. The van der Waals surface area contributed by atoms with Gasteiger partial charge in [0.25, 0.3) is 0 Å². The largest absolute Gasteiger partial charge is 0.307 e. The first-order valence-electron chi connectivity index (χ1n) is 12.1. The van der Waals surface area contributed by atoms with E-state index in [4.69, 9.17) is 0 Å². The molecule has 0 saturated carbocycles. The van der Waals surface area contributed by atoms with Gasteiger partial charge < -0.3 is 9.80 Å². The van der Waals surface area contributed by atoms with Crippen LogP contribution in [0.5, 0.6) is 0 Å². The van der Waals surface area contributed by atoms with Crippen LogP contribution in [0.15, 0.2) is 97.6 Å². The molecule has 4 heteroatoms. The van der Waals surface area contributed by atoms with Crippen molar-refractivity contribution in [1.82, 2.24) is 4.90 Å². The van der Waals surface area contributed by atoms with Crippen LogP contribution in [0, 0.1) is 0 Å². The summed E-state index contributed by atoms with van der Waals surface area (Å²) in [7, 11) is 0. The van der Waals surface area contributed by atoms with Crippen LogP contribution >= 0.6 is 12.4 Å². The Morgan fingerprint density at radius 3 is 2.18 bits per heavy atom. The van der Waals surface area contributed by atoms with Crippen molar-refractivity contribution < 1.29 is 4.79 Å². The Morgan fingerprint density at radius 1 is 0.882 bits per heavy atom. The minimum Gasteiger partial charge on any atom is -0.307 e. The number of hydrogen-bond donors (Lipinski definition) is 0. The average molecular weight is 473 g/mol. The number of halogens is 1. The predicted octanol–water partition coefficient (Wildman–Crippen LogP) is 6.20. The lowest BCUT2D eigenvalue weighted by molar-refractivity contribution is -0.122. The van der Waals surface area contributed by atoms with Gasteiger partial charge in [0, 0.05) is 12.2 Å². The molecule has 0 aromatic heterocycles. The van der Waals surface area contributed by atoms with Gasteiger partial charge >= 0.3 is 0 Å². The van der Waals surface area contributed by atoms with Crippen LogP contribution in [-0.2, 0) is 10.2 Å². The molecule has 0 radical (unpaired) electrons. The summed E-state index contributed by atoms with van der Waals surface area (Å²) in [4.78, 5) is 18.5. The van der Waals surface area contributed by atoms with Gasteiger partial charge in [-0.25, -0.2) is 0 Å². The Kier molecular flexibility index (Phi) is 7.55. The number of hydrogen-bond acceptors (Lipinski definition) is 2. The summed E-state index contributed by atoms with van der Waals surface area (Å²) >= 11 is 0. The number of para-hydroxylation sites is 1. The zero-order valence-electron chi connectivity index (χ0n) is 19.6. The van der Waals surface area contributed by atoms with Gasteiger partial charge in [0.15, 0.2) is 0 Å². The van der Waals surface area contributed by atoms with E-state index in [1.165, 1.54) is 18.4 Å². The fourth-order valence-corrected chi connectivity index (χ4v) is 5.76. The number of nitrogens with zero attached hydrogens (tertiary/aromatic N) is 2. The highest BCUT2D eigenvalue weighted by Gasteiger charge is 2.51. The number of amides is 1. The summed E-state index contributed by atoms with van der Waals surface area (Å²) in [5.41, 5.74) is 4.05. The Labute approximate surface area is 209 Å². The number of fused-ring (bicyclic) bond motifs is 1. The van der Waals surface area contributed by atoms with Crippen molar-refractivity contribution in [2.75, 3.05) is 31.1 Å². The van der Waals surface area contributed by atoms with Crippen LogP contribution < -0.4 is 4.90 Å². The lowest BCUT2D eigenvalue weighted by atomic mass is 9.72. The van der Waals surface area contributed by atoms with E-state index in [9.17, 15) is 4.79 Å². The maximum absolute atomic E-state index is 14.0. The van der Waals surface area contributed by atoms with Gasteiger partial charge in [-0.1, -0.05) is 84.9 Å². The summed E-state index contributed by atoms with van der Waals surface area (Å²) in [5.74, 6) is 0.816. The van der Waals surface area contributed by atoms with Gasteiger partial charge in [0.2, 0.25) is 5.91 Å². The van der Waals surface area contributed by atoms with Crippen LogP contribution in [-0.4, -0.2) is 37.0 Å². The second kappa shape index (κ2) is 10.6. The SMILES string of the molecule is C=CCN1C(=O)C(CCN2CCC(c3ccccc3)CC2)(c2ccccc2)c2ccccc21.Cl. The third-order valence-electron chi connectivity index (χ3n) is 7.50. The Balaban J connectivity index is 0.00000274. The van der Waals surface area contributed by atoms with Gasteiger partial charge in [-0.3, -0.25) is 4.79 Å². The highest BCUT2D eigenvalue weighted by Crippen LogP contribution is 2.48. The molecule has 34 heavy (non-hydrogen) atoms. The van der Waals surface area contributed by atoms with E-state index in [0.29, 0.717) is 12.5 Å². The second-order valence-corrected chi connectivity index (χ2v) is 9.27. The molecule has 3 nitrogen and oxygen atoms in total. The molecular weight excluding hydrogens is 440 g/mol. The number of rotatable bonds is 7. The Hall–Kier alpha value is -2.88. The van der Waals surface area contributed by atoms with Crippen LogP contribution in [0.1, 0.15) is 41.9 Å². The maximum Gasteiger partial charge on any atom is 0.242 e. The smallest absolute Gasteiger partial charge is 0.242 e. The lowest BCUT2D eigenvalue weighted by Gasteiger charge is -2.36. The van der Waals surface area contributed by atoms with E-state index < -0.39 is 5.41 Å². The summed E-state index contributed by atoms with van der Waals surface area (Å²) < 4.78 is 0. The molecule has 3 aromatic rings. The molecule has 5 rings (SSSR count). The molecule has 3 aromatic carbocycles. The zero-order chi connectivity index (χ0) is 22.7. The Bertz CT molecular complexity index is 1110. The molecule has 2 aliphatic rings. The summed E-state index contributed by atoms with van der Waals surface area (Å²) in [6.07, 6.45) is 4.96. The van der Waals surface area contributed by atoms with Crippen molar-refractivity contribution in [2.45, 2.75) is 30.6 Å². The van der Waals surface area contributed by atoms with Crippen LogP contribution in [0.25, 0.3) is 0 Å². The standard InChI is InChI=1S/C30H32N2O.ClH/c1-2-20-32-28-16-10-9-15-27(28)30(29(32)33,26-13-7-4-8-14-26)19-23-31-21-17-25(18-22-31)24-11-5-3-6-12-24;/h2-16,25H,1,17-23H2;1H. The summed E-state index contributed by atoms with van der Waals surface area (Å²) in [6, 6.07) is 29.6. The molecule has 0 N–H and O–H groups in total. The molecule has 176 valence electrons. The topological polar surface area (TPSA) is 23.6 Å². The first kappa shape index (κ1) is 24.3. The molecule has 1 saturated heterocycles. The van der Waals surface area contributed by atoms with Crippen molar-refractivity contribution >= 4 is 24.0 Å².